The average molecular weight is 396 g/mol. The summed E-state index contributed by atoms with van der Waals surface area (Å²) in [6.45, 7) is 6.93. The Balaban J connectivity index is 0.00000220. The molecule has 1 aromatic rings. The topological polar surface area (TPSA) is 9.23 Å². The number of para-hydroxylation sites is 1. The first kappa shape index (κ1) is 22.0. The van der Waals surface area contributed by atoms with E-state index in [1.807, 2.05) is 6.07 Å². The van der Waals surface area contributed by atoms with Gasteiger partial charge in [-0.05, 0) is 0 Å². The summed E-state index contributed by atoms with van der Waals surface area (Å²) < 4.78 is 8.28. The van der Waals surface area contributed by atoms with Crippen LogP contribution in [0.4, 0.5) is 0 Å². The van der Waals surface area contributed by atoms with E-state index >= 15 is 0 Å². The molecule has 1 aromatic carbocycles. The summed E-state index contributed by atoms with van der Waals surface area (Å²) in [5, 5.41) is 4.87. The second-order valence-electron chi connectivity index (χ2n) is 8.13. The third-order valence-corrected chi connectivity index (χ3v) is 12.8. The number of hydrogen-bond donors (Lipinski definition) is 0. The quantitative estimate of drug-likeness (QED) is 0.643. The van der Waals surface area contributed by atoms with E-state index in [0.29, 0.717) is 0 Å². The minimum absolute atomic E-state index is 0. The van der Waals surface area contributed by atoms with Crippen LogP contribution in [0.2, 0.25) is 10.5 Å². The fourth-order valence-electron chi connectivity index (χ4n) is 2.98. The van der Waals surface area contributed by atoms with Crippen molar-refractivity contribution in [3.05, 3.63) is 51.9 Å². The fraction of sp³-hybridized carbons (Fsp3) is 0.412. The normalized spacial score (nSPS) is 16.5. The molecule has 0 unspecified atom stereocenters. The van der Waals surface area contributed by atoms with Gasteiger partial charge in [0, 0.05) is 0 Å². The third kappa shape index (κ3) is 5.01. The maximum Gasteiger partial charge on any atom is -0.147 e. The Bertz CT molecular complexity index is 566. The van der Waals surface area contributed by atoms with Crippen LogP contribution >= 0.6 is 24.8 Å². The van der Waals surface area contributed by atoms with Crippen molar-refractivity contribution in [1.82, 2.24) is 0 Å². The van der Waals surface area contributed by atoms with Crippen molar-refractivity contribution in [3.8, 4) is 5.75 Å². The number of allylic oxidation sites excluding steroid dienone is 4. The summed E-state index contributed by atoms with van der Waals surface area (Å²) in [5.74, 6) is 1.04. The van der Waals surface area contributed by atoms with Crippen molar-refractivity contribution in [2.75, 3.05) is 0 Å². The first-order valence-electron chi connectivity index (χ1n) is 7.45. The van der Waals surface area contributed by atoms with Gasteiger partial charge in [-0.2, -0.15) is 0 Å². The Hall–Kier alpha value is 0.0112. The zero-order chi connectivity index (χ0) is 15.0. The van der Waals surface area contributed by atoms with Crippen LogP contribution in [0.15, 0.2) is 51.9 Å². The van der Waals surface area contributed by atoms with Gasteiger partial charge in [0.25, 0.3) is 0 Å². The number of halogens is 2. The van der Waals surface area contributed by atoms with E-state index in [1.54, 1.807) is 3.88 Å². The van der Waals surface area contributed by atoms with Crippen LogP contribution in [0.3, 0.4) is 0 Å². The van der Waals surface area contributed by atoms with Crippen LogP contribution < -0.4 is 3.32 Å². The molecule has 0 saturated heterocycles. The van der Waals surface area contributed by atoms with E-state index in [2.05, 4.69) is 67.6 Å². The van der Waals surface area contributed by atoms with Gasteiger partial charge in [0.1, 0.15) is 0 Å². The number of benzene rings is 1. The smallest absolute Gasteiger partial charge is 0.147 e. The molecule has 0 radical (unpaired) electrons. The molecule has 1 nitrogen and oxygen atoms in total. The van der Waals surface area contributed by atoms with E-state index in [0.717, 1.165) is 20.3 Å². The zero-order valence-corrected chi connectivity index (χ0v) is 19.7. The summed E-state index contributed by atoms with van der Waals surface area (Å²) in [7, 11) is 1.13. The van der Waals surface area contributed by atoms with Gasteiger partial charge < -0.3 is 0 Å². The van der Waals surface area contributed by atoms with Gasteiger partial charge >= 0.3 is 127 Å². The van der Waals surface area contributed by atoms with Crippen LogP contribution in [-0.4, -0.2) is 8.11 Å². The minimum Gasteiger partial charge on any atom is -0.147 e. The van der Waals surface area contributed by atoms with Crippen molar-refractivity contribution in [3.63, 3.8) is 0 Å². The molecule has 0 atom stereocenters. The van der Waals surface area contributed by atoms with Gasteiger partial charge in [-0.3, -0.25) is 0 Å². The van der Waals surface area contributed by atoms with Gasteiger partial charge in [-0.1, -0.05) is 0 Å². The molecule has 5 heteroatoms. The maximum absolute atomic E-state index is 6.65. The van der Waals surface area contributed by atoms with Crippen molar-refractivity contribution >= 4 is 32.9 Å². The summed E-state index contributed by atoms with van der Waals surface area (Å²) in [6.07, 6.45) is 5.74. The second-order valence-corrected chi connectivity index (χ2v) is 30.6. The van der Waals surface area contributed by atoms with Crippen molar-refractivity contribution in [2.24, 2.45) is 5.41 Å². The largest absolute Gasteiger partial charge is 0.147 e. The van der Waals surface area contributed by atoms with Crippen LogP contribution in [0.1, 0.15) is 27.2 Å². The summed E-state index contributed by atoms with van der Waals surface area (Å²) in [4.78, 5) is 0. The Labute approximate surface area is 151 Å². The van der Waals surface area contributed by atoms with Crippen molar-refractivity contribution in [1.29, 1.82) is 0 Å². The predicted octanol–water partition coefficient (Wildman–Crippen LogP) is 5.15. The van der Waals surface area contributed by atoms with E-state index in [1.165, 1.54) is 5.57 Å². The molecule has 0 aromatic heterocycles. The molecule has 0 spiro atoms. The SMILES string of the molecule is CC(C)(C)C1=[C]([Ti]([CH3])([CH3])([SiH3])[O]c2ccccc2)CC=C1.Cl.Cl. The summed E-state index contributed by atoms with van der Waals surface area (Å²) in [6, 6.07) is 10.3. The zero-order valence-electron chi connectivity index (χ0n) is 14.5. The molecular formula is C17H29Cl2OSiTi. The monoisotopic (exact) mass is 395 g/mol. The van der Waals surface area contributed by atoms with Gasteiger partial charge in [0.15, 0.2) is 0 Å². The average Bonchev–Trinajstić information content (AvgIpc) is 2.78. The second kappa shape index (κ2) is 7.27. The molecule has 2 rings (SSSR count). The molecule has 0 bridgehead atoms. The molecule has 0 saturated carbocycles. The summed E-state index contributed by atoms with van der Waals surface area (Å²) >= 11 is -2.97. The Morgan fingerprint density at radius 2 is 1.59 bits per heavy atom. The minimum atomic E-state index is -2.97. The maximum atomic E-state index is 6.65. The van der Waals surface area contributed by atoms with Crippen LogP contribution in [0.25, 0.3) is 0 Å². The summed E-state index contributed by atoms with van der Waals surface area (Å²) in [5.41, 5.74) is 1.73. The Kier molecular flexibility index (Phi) is 7.28. The third-order valence-electron chi connectivity index (χ3n) is 3.99. The molecule has 0 fully saturated rings. The molecule has 1 aliphatic rings. The fourth-order valence-corrected chi connectivity index (χ4v) is 11.0. The van der Waals surface area contributed by atoms with E-state index in [9.17, 15) is 0 Å². The first-order valence-corrected chi connectivity index (χ1v) is 17.7. The first-order chi connectivity index (χ1) is 9.08. The van der Waals surface area contributed by atoms with E-state index in [4.69, 9.17) is 3.32 Å². The van der Waals surface area contributed by atoms with Crippen molar-refractivity contribution < 1.29 is 18.3 Å². The Morgan fingerprint density at radius 1 is 1.05 bits per heavy atom. The molecule has 125 valence electrons. The molecule has 22 heavy (non-hydrogen) atoms. The van der Waals surface area contributed by atoms with Crippen LogP contribution in [-0.2, 0) is 14.9 Å². The van der Waals surface area contributed by atoms with Crippen molar-refractivity contribution in [2.45, 2.75) is 37.6 Å². The molecule has 0 aliphatic heterocycles. The van der Waals surface area contributed by atoms with Crippen LogP contribution in [0, 0.1) is 5.41 Å². The Morgan fingerprint density at radius 3 is 2.09 bits per heavy atom. The van der Waals surface area contributed by atoms with Gasteiger partial charge in [0.2, 0.25) is 0 Å². The van der Waals surface area contributed by atoms with E-state index < -0.39 is 14.9 Å². The van der Waals surface area contributed by atoms with Gasteiger partial charge in [-0.15, -0.1) is 24.8 Å². The van der Waals surface area contributed by atoms with E-state index in [-0.39, 0.29) is 30.2 Å². The standard InChI is InChI=1S/C9H13.C6H6O.2CH3.2ClH.H3Si.Ti/c1-9(2,3)8-6-4-5-7-8;7-6-4-2-1-3-5-6;;;;;;/h4,6H,5H2,1-3H3;1-5,7H;2*1H3;2*1H;1H3;/q;;;;;;;+1/p-1. The number of rotatable bonds is 3. The van der Waals surface area contributed by atoms with Crippen LogP contribution in [0.5, 0.6) is 5.75 Å². The molecule has 0 heterocycles. The number of hydrogen-bond acceptors (Lipinski definition) is 1. The molecule has 0 amide bonds. The van der Waals surface area contributed by atoms with Gasteiger partial charge in [-0.25, -0.2) is 0 Å². The predicted molar refractivity (Wildman–Crippen MR) is 103 cm³/mol. The molecule has 0 N–H and O–H groups in total. The van der Waals surface area contributed by atoms with Gasteiger partial charge in [0.05, 0.1) is 0 Å². The molecule has 1 aliphatic carbocycles. The molecular weight excluding hydrogens is 367 g/mol.